The van der Waals surface area contributed by atoms with Gasteiger partial charge >= 0.3 is 0 Å². The molecule has 4 nitrogen and oxygen atoms in total. The second-order valence-corrected chi connectivity index (χ2v) is 6.87. The molecule has 0 saturated carbocycles. The summed E-state index contributed by atoms with van der Waals surface area (Å²) in [5, 5.41) is 3.33. The molecule has 0 aliphatic heterocycles. The fourth-order valence-corrected chi connectivity index (χ4v) is 2.55. The Hall–Kier alpha value is -2.01. The molecular formula is C16H20N2O2S. The van der Waals surface area contributed by atoms with Crippen LogP contribution in [0.4, 0.5) is 11.4 Å². The molecule has 0 aromatic heterocycles. The fourth-order valence-electron chi connectivity index (χ4n) is 1.91. The molecule has 5 heteroatoms. The molecular weight excluding hydrogens is 284 g/mol. The molecule has 2 N–H and O–H groups in total. The average molecular weight is 304 g/mol. The molecule has 0 heterocycles. The SMILES string of the molecule is CCS(=O)(=O)Nc1ccc(NCc2ccccc2C)cc1. The van der Waals surface area contributed by atoms with Gasteiger partial charge in [-0.05, 0) is 49.2 Å². The van der Waals surface area contributed by atoms with Gasteiger partial charge in [0, 0.05) is 17.9 Å². The number of aryl methyl sites for hydroxylation is 1. The molecule has 0 spiro atoms. The zero-order valence-corrected chi connectivity index (χ0v) is 13.1. The van der Waals surface area contributed by atoms with Crippen molar-refractivity contribution in [2.75, 3.05) is 15.8 Å². The van der Waals surface area contributed by atoms with E-state index in [0.29, 0.717) is 5.69 Å². The van der Waals surface area contributed by atoms with Crippen LogP contribution >= 0.6 is 0 Å². The molecule has 0 aliphatic rings. The fraction of sp³-hybridized carbons (Fsp3) is 0.250. The summed E-state index contributed by atoms with van der Waals surface area (Å²) in [6, 6.07) is 15.5. The maximum Gasteiger partial charge on any atom is 0.232 e. The van der Waals surface area contributed by atoms with E-state index in [1.54, 1.807) is 19.1 Å². The monoisotopic (exact) mass is 304 g/mol. The Morgan fingerprint density at radius 2 is 1.57 bits per heavy atom. The van der Waals surface area contributed by atoms with Gasteiger partial charge in [0.1, 0.15) is 0 Å². The lowest BCUT2D eigenvalue weighted by Crippen LogP contribution is -2.14. The predicted molar refractivity (Wildman–Crippen MR) is 88.0 cm³/mol. The van der Waals surface area contributed by atoms with Gasteiger partial charge in [0.05, 0.1) is 5.75 Å². The minimum atomic E-state index is -3.22. The van der Waals surface area contributed by atoms with Crippen molar-refractivity contribution in [3.8, 4) is 0 Å². The van der Waals surface area contributed by atoms with Crippen LogP contribution in [0.25, 0.3) is 0 Å². The summed E-state index contributed by atoms with van der Waals surface area (Å²) >= 11 is 0. The number of hydrogen-bond donors (Lipinski definition) is 2. The van der Waals surface area contributed by atoms with Gasteiger partial charge in [-0.3, -0.25) is 4.72 Å². The lowest BCUT2D eigenvalue weighted by molar-refractivity contribution is 0.602. The van der Waals surface area contributed by atoms with Crippen LogP contribution in [-0.2, 0) is 16.6 Å². The summed E-state index contributed by atoms with van der Waals surface area (Å²) in [7, 11) is -3.22. The lowest BCUT2D eigenvalue weighted by Gasteiger charge is -2.10. The van der Waals surface area contributed by atoms with Crippen molar-refractivity contribution < 1.29 is 8.42 Å². The Labute approximate surface area is 126 Å². The predicted octanol–water partition coefficient (Wildman–Crippen LogP) is 3.37. The van der Waals surface area contributed by atoms with Gasteiger partial charge in [-0.2, -0.15) is 0 Å². The molecule has 21 heavy (non-hydrogen) atoms. The van der Waals surface area contributed by atoms with Crippen molar-refractivity contribution in [1.82, 2.24) is 0 Å². The van der Waals surface area contributed by atoms with Crippen LogP contribution in [-0.4, -0.2) is 14.2 Å². The van der Waals surface area contributed by atoms with Gasteiger partial charge in [0.25, 0.3) is 0 Å². The third kappa shape index (κ3) is 4.49. The molecule has 0 aliphatic carbocycles. The second kappa shape index (κ2) is 6.63. The highest BCUT2D eigenvalue weighted by Gasteiger charge is 2.06. The van der Waals surface area contributed by atoms with Gasteiger partial charge in [-0.15, -0.1) is 0 Å². The standard InChI is InChI=1S/C16H20N2O2S/c1-3-21(19,20)18-16-10-8-15(9-11-16)17-12-14-7-5-4-6-13(14)2/h4-11,17-18H,3,12H2,1-2H3. The van der Waals surface area contributed by atoms with Crippen molar-refractivity contribution in [2.24, 2.45) is 0 Å². The van der Waals surface area contributed by atoms with Crippen LogP contribution in [0.1, 0.15) is 18.1 Å². The summed E-state index contributed by atoms with van der Waals surface area (Å²) in [5.41, 5.74) is 4.03. The van der Waals surface area contributed by atoms with Crippen LogP contribution in [0.5, 0.6) is 0 Å². The molecule has 2 aromatic carbocycles. The molecule has 112 valence electrons. The van der Waals surface area contributed by atoms with Crippen molar-refractivity contribution in [3.63, 3.8) is 0 Å². The molecule has 2 rings (SSSR count). The minimum absolute atomic E-state index is 0.0697. The number of benzene rings is 2. The van der Waals surface area contributed by atoms with E-state index in [-0.39, 0.29) is 5.75 Å². The zero-order chi connectivity index (χ0) is 15.3. The van der Waals surface area contributed by atoms with Gasteiger partial charge in [-0.1, -0.05) is 24.3 Å². The Kier molecular flexibility index (Phi) is 4.85. The zero-order valence-electron chi connectivity index (χ0n) is 12.3. The van der Waals surface area contributed by atoms with Crippen LogP contribution < -0.4 is 10.0 Å². The van der Waals surface area contributed by atoms with Crippen molar-refractivity contribution in [3.05, 3.63) is 59.7 Å². The maximum atomic E-state index is 11.5. The topological polar surface area (TPSA) is 58.2 Å². The number of nitrogens with one attached hydrogen (secondary N) is 2. The van der Waals surface area contributed by atoms with E-state index >= 15 is 0 Å². The summed E-state index contributed by atoms with van der Waals surface area (Å²) in [5.74, 6) is 0.0697. The number of hydrogen-bond acceptors (Lipinski definition) is 3. The normalized spacial score (nSPS) is 11.1. The first-order valence-electron chi connectivity index (χ1n) is 6.89. The third-order valence-electron chi connectivity index (χ3n) is 3.28. The van der Waals surface area contributed by atoms with E-state index in [9.17, 15) is 8.42 Å². The number of rotatable bonds is 6. The highest BCUT2D eigenvalue weighted by atomic mass is 32.2. The number of sulfonamides is 1. The van der Waals surface area contributed by atoms with E-state index in [1.165, 1.54) is 11.1 Å². The molecule has 0 radical (unpaired) electrons. The van der Waals surface area contributed by atoms with Crippen molar-refractivity contribution >= 4 is 21.4 Å². The van der Waals surface area contributed by atoms with Gasteiger partial charge in [-0.25, -0.2) is 8.42 Å². The van der Waals surface area contributed by atoms with E-state index in [0.717, 1.165) is 12.2 Å². The third-order valence-corrected chi connectivity index (χ3v) is 4.59. The second-order valence-electron chi connectivity index (χ2n) is 4.86. The van der Waals surface area contributed by atoms with E-state index in [1.807, 2.05) is 24.3 Å². The van der Waals surface area contributed by atoms with Crippen LogP contribution in [0.2, 0.25) is 0 Å². The van der Waals surface area contributed by atoms with Gasteiger partial charge in [0.15, 0.2) is 0 Å². The Morgan fingerprint density at radius 1 is 0.952 bits per heavy atom. The number of anilines is 2. The smallest absolute Gasteiger partial charge is 0.232 e. The molecule has 0 atom stereocenters. The highest BCUT2D eigenvalue weighted by Crippen LogP contribution is 2.16. The van der Waals surface area contributed by atoms with Crippen molar-refractivity contribution in [1.29, 1.82) is 0 Å². The summed E-state index contributed by atoms with van der Waals surface area (Å²) in [6.07, 6.45) is 0. The van der Waals surface area contributed by atoms with Crippen LogP contribution in [0, 0.1) is 6.92 Å². The summed E-state index contributed by atoms with van der Waals surface area (Å²) in [4.78, 5) is 0. The van der Waals surface area contributed by atoms with Gasteiger partial charge < -0.3 is 5.32 Å². The van der Waals surface area contributed by atoms with Crippen LogP contribution in [0.15, 0.2) is 48.5 Å². The molecule has 0 unspecified atom stereocenters. The minimum Gasteiger partial charge on any atom is -0.381 e. The van der Waals surface area contributed by atoms with E-state index < -0.39 is 10.0 Å². The van der Waals surface area contributed by atoms with Gasteiger partial charge in [0.2, 0.25) is 10.0 Å². The quantitative estimate of drug-likeness (QED) is 0.860. The average Bonchev–Trinajstić information content (AvgIpc) is 2.48. The lowest BCUT2D eigenvalue weighted by atomic mass is 10.1. The largest absolute Gasteiger partial charge is 0.381 e. The Morgan fingerprint density at radius 3 is 2.19 bits per heavy atom. The highest BCUT2D eigenvalue weighted by molar-refractivity contribution is 7.92. The molecule has 0 amide bonds. The Balaban J connectivity index is 1.98. The molecule has 0 bridgehead atoms. The molecule has 0 saturated heterocycles. The summed E-state index contributed by atoms with van der Waals surface area (Å²) < 4.78 is 25.5. The van der Waals surface area contributed by atoms with E-state index in [4.69, 9.17) is 0 Å². The Bertz CT molecular complexity index is 694. The first-order valence-corrected chi connectivity index (χ1v) is 8.54. The first kappa shape index (κ1) is 15.4. The first-order chi connectivity index (χ1) is 10.00. The summed E-state index contributed by atoms with van der Waals surface area (Å²) in [6.45, 7) is 4.44. The van der Waals surface area contributed by atoms with E-state index in [2.05, 4.69) is 29.1 Å². The molecule has 2 aromatic rings. The van der Waals surface area contributed by atoms with Crippen LogP contribution in [0.3, 0.4) is 0 Å². The van der Waals surface area contributed by atoms with Crippen molar-refractivity contribution in [2.45, 2.75) is 20.4 Å². The molecule has 0 fully saturated rings. The maximum absolute atomic E-state index is 11.5.